The number of carbonyl (C=O) groups excluding carboxylic acids is 1. The van der Waals surface area contributed by atoms with Crippen LogP contribution in [0.4, 0.5) is 0 Å². The predicted molar refractivity (Wildman–Crippen MR) is 198 cm³/mol. The van der Waals surface area contributed by atoms with E-state index in [1.54, 1.807) is 12.2 Å². The van der Waals surface area contributed by atoms with E-state index in [2.05, 4.69) is 36.6 Å². The first kappa shape index (κ1) is 46.0. The van der Waals surface area contributed by atoms with Crippen LogP contribution in [0.2, 0.25) is 0 Å². The molecule has 0 amide bonds. The molecule has 0 aliphatic carbocycles. The number of aliphatic hydroxyl groups is 1. The first-order chi connectivity index (χ1) is 23.3. The Morgan fingerprint density at radius 3 is 1.90 bits per heavy atom. The van der Waals surface area contributed by atoms with Gasteiger partial charge in [-0.2, -0.15) is 0 Å². The van der Waals surface area contributed by atoms with Gasteiger partial charge in [-0.3, -0.25) is 9.32 Å². The molecule has 0 saturated heterocycles. The molecule has 278 valence electrons. The minimum absolute atomic E-state index is 0.165. The Balaban J connectivity index is 4.10. The zero-order valence-electron chi connectivity index (χ0n) is 30.2. The zero-order valence-corrected chi connectivity index (χ0v) is 31.1. The molecule has 0 fully saturated rings. The topological polar surface area (TPSA) is 123 Å². The maximum atomic E-state index is 12.2. The molecule has 0 saturated carbocycles. The third-order valence-electron chi connectivity index (χ3n) is 7.74. The standard InChI is InChI=1S/C39H69O8P/c1-3-5-7-9-11-13-14-15-16-17-19-21-26-30-34-45-38(36-47-48(42,43)44)35-46-39(41)33-29-25-22-24-28-32-37(40)31-27-23-20-18-12-10-8-6-4-2/h12,18,22-24,27-28,30,32,34,37-38,40H,3-11,13-17,19-21,25-26,29,31,33,35-36H2,1-2H3,(H2,42,43,44)/b18-12-,24-22+,27-23-,32-28-,34-30+/t37?,38-/m1/s1. The van der Waals surface area contributed by atoms with Crippen LogP contribution in [-0.2, 0) is 23.4 Å². The molecule has 0 aromatic heterocycles. The number of aliphatic hydroxyl groups excluding tert-OH is 1. The molecule has 0 bridgehead atoms. The highest BCUT2D eigenvalue weighted by molar-refractivity contribution is 7.46. The zero-order chi connectivity index (χ0) is 35.4. The number of allylic oxidation sites excluding steroid dienone is 7. The van der Waals surface area contributed by atoms with Gasteiger partial charge >= 0.3 is 13.8 Å². The molecular formula is C39H69O8P. The Kier molecular flexibility index (Phi) is 33.5. The van der Waals surface area contributed by atoms with Crippen molar-refractivity contribution in [3.8, 4) is 0 Å². The lowest BCUT2D eigenvalue weighted by atomic mass is 10.0. The molecule has 8 nitrogen and oxygen atoms in total. The summed E-state index contributed by atoms with van der Waals surface area (Å²) in [4.78, 5) is 30.3. The summed E-state index contributed by atoms with van der Waals surface area (Å²) in [6.45, 7) is 3.89. The third-order valence-corrected chi connectivity index (χ3v) is 8.23. The van der Waals surface area contributed by atoms with Crippen LogP contribution < -0.4 is 0 Å². The fourth-order valence-corrected chi connectivity index (χ4v) is 5.21. The molecule has 48 heavy (non-hydrogen) atoms. The van der Waals surface area contributed by atoms with Gasteiger partial charge in [0.15, 0.2) is 6.10 Å². The van der Waals surface area contributed by atoms with E-state index in [9.17, 15) is 14.5 Å². The number of carbonyl (C=O) groups is 1. The summed E-state index contributed by atoms with van der Waals surface area (Å²) in [5.41, 5.74) is 0. The van der Waals surface area contributed by atoms with Crippen molar-refractivity contribution in [1.82, 2.24) is 0 Å². The molecular weight excluding hydrogens is 627 g/mol. The Labute approximate surface area is 293 Å². The minimum Gasteiger partial charge on any atom is -0.492 e. The molecule has 0 spiro atoms. The summed E-state index contributed by atoms with van der Waals surface area (Å²) in [5, 5.41) is 10.1. The Hall–Kier alpha value is -1.96. The number of hydrogen-bond acceptors (Lipinski definition) is 6. The molecule has 2 atom stereocenters. The van der Waals surface area contributed by atoms with Crippen molar-refractivity contribution in [1.29, 1.82) is 0 Å². The second-order valence-electron chi connectivity index (χ2n) is 12.5. The van der Waals surface area contributed by atoms with Crippen molar-refractivity contribution in [2.75, 3.05) is 13.2 Å². The quantitative estimate of drug-likeness (QED) is 0.0152. The Morgan fingerprint density at radius 1 is 0.667 bits per heavy atom. The summed E-state index contributed by atoms with van der Waals surface area (Å²) in [6, 6.07) is 0. The minimum atomic E-state index is -4.67. The summed E-state index contributed by atoms with van der Waals surface area (Å²) in [6.07, 6.45) is 41.9. The van der Waals surface area contributed by atoms with E-state index >= 15 is 0 Å². The van der Waals surface area contributed by atoms with Crippen molar-refractivity contribution in [3.63, 3.8) is 0 Å². The van der Waals surface area contributed by atoms with E-state index in [1.807, 2.05) is 24.3 Å². The molecule has 3 N–H and O–H groups in total. The molecule has 0 radical (unpaired) electrons. The number of esters is 1. The number of phosphoric acid groups is 1. The van der Waals surface area contributed by atoms with Crippen LogP contribution in [0.5, 0.6) is 0 Å². The van der Waals surface area contributed by atoms with Gasteiger partial charge in [0.05, 0.1) is 19.0 Å². The summed E-state index contributed by atoms with van der Waals surface area (Å²) in [5.74, 6) is -0.415. The molecule has 0 aliphatic rings. The number of rotatable bonds is 34. The van der Waals surface area contributed by atoms with Gasteiger partial charge in [-0.25, -0.2) is 4.57 Å². The van der Waals surface area contributed by atoms with Gasteiger partial charge in [0, 0.05) is 6.42 Å². The highest BCUT2D eigenvalue weighted by atomic mass is 31.2. The highest BCUT2D eigenvalue weighted by Crippen LogP contribution is 2.35. The van der Waals surface area contributed by atoms with Crippen LogP contribution in [0.1, 0.15) is 155 Å². The second-order valence-corrected chi connectivity index (χ2v) is 13.7. The first-order valence-corrected chi connectivity index (χ1v) is 20.3. The van der Waals surface area contributed by atoms with E-state index in [4.69, 9.17) is 19.3 Å². The Morgan fingerprint density at radius 2 is 1.23 bits per heavy atom. The summed E-state index contributed by atoms with van der Waals surface area (Å²) >= 11 is 0. The molecule has 9 heteroatoms. The molecule has 0 aromatic rings. The number of hydrogen-bond donors (Lipinski definition) is 3. The Bertz CT molecular complexity index is 921. The fraction of sp³-hybridized carbons (Fsp3) is 0.718. The van der Waals surface area contributed by atoms with E-state index in [0.717, 1.165) is 32.1 Å². The average Bonchev–Trinajstić information content (AvgIpc) is 3.05. The van der Waals surface area contributed by atoms with Gasteiger partial charge in [-0.05, 0) is 57.4 Å². The van der Waals surface area contributed by atoms with Crippen molar-refractivity contribution >= 4 is 13.8 Å². The van der Waals surface area contributed by atoms with Crippen LogP contribution in [0.25, 0.3) is 0 Å². The van der Waals surface area contributed by atoms with E-state index in [-0.39, 0.29) is 13.0 Å². The van der Waals surface area contributed by atoms with Crippen LogP contribution in [0, 0.1) is 0 Å². The van der Waals surface area contributed by atoms with Gasteiger partial charge < -0.3 is 24.4 Å². The van der Waals surface area contributed by atoms with E-state index < -0.39 is 32.6 Å². The third kappa shape index (κ3) is 36.9. The number of ether oxygens (including phenoxy) is 2. The van der Waals surface area contributed by atoms with Gasteiger partial charge in [0.25, 0.3) is 0 Å². The van der Waals surface area contributed by atoms with Gasteiger partial charge in [-0.1, -0.05) is 146 Å². The monoisotopic (exact) mass is 696 g/mol. The highest BCUT2D eigenvalue weighted by Gasteiger charge is 2.20. The van der Waals surface area contributed by atoms with Crippen LogP contribution in [0.15, 0.2) is 60.9 Å². The van der Waals surface area contributed by atoms with Crippen molar-refractivity contribution < 1.29 is 38.3 Å². The smallest absolute Gasteiger partial charge is 0.469 e. The van der Waals surface area contributed by atoms with Crippen molar-refractivity contribution in [2.45, 2.75) is 167 Å². The fourth-order valence-electron chi connectivity index (χ4n) is 4.85. The lowest BCUT2D eigenvalue weighted by Gasteiger charge is -2.17. The molecule has 1 unspecified atom stereocenters. The second kappa shape index (κ2) is 34.9. The van der Waals surface area contributed by atoms with Crippen LogP contribution in [0.3, 0.4) is 0 Å². The lowest BCUT2D eigenvalue weighted by Crippen LogP contribution is -2.25. The normalized spacial score (nSPS) is 13.9. The number of unbranched alkanes of at least 4 members (excludes halogenated alkanes) is 16. The molecule has 0 heterocycles. The van der Waals surface area contributed by atoms with Gasteiger partial charge in [-0.15, -0.1) is 0 Å². The van der Waals surface area contributed by atoms with Crippen molar-refractivity contribution in [3.05, 3.63) is 60.9 Å². The molecule has 0 rings (SSSR count). The number of phosphoric ester groups is 1. The summed E-state index contributed by atoms with van der Waals surface area (Å²) in [7, 11) is -4.67. The average molecular weight is 697 g/mol. The van der Waals surface area contributed by atoms with E-state index in [0.29, 0.717) is 19.3 Å². The first-order valence-electron chi connectivity index (χ1n) is 18.8. The van der Waals surface area contributed by atoms with Gasteiger partial charge in [0.2, 0.25) is 0 Å². The largest absolute Gasteiger partial charge is 0.492 e. The maximum absolute atomic E-state index is 12.2. The van der Waals surface area contributed by atoms with Crippen LogP contribution in [-0.4, -0.2) is 46.3 Å². The van der Waals surface area contributed by atoms with Crippen LogP contribution >= 0.6 is 7.82 Å². The molecule has 0 aliphatic heterocycles. The van der Waals surface area contributed by atoms with Gasteiger partial charge in [0.1, 0.15) is 6.61 Å². The summed E-state index contributed by atoms with van der Waals surface area (Å²) < 4.78 is 26.6. The van der Waals surface area contributed by atoms with E-state index in [1.165, 1.54) is 89.7 Å². The molecule has 0 aromatic carbocycles. The maximum Gasteiger partial charge on any atom is 0.469 e. The van der Waals surface area contributed by atoms with Crippen molar-refractivity contribution in [2.24, 2.45) is 0 Å². The lowest BCUT2D eigenvalue weighted by molar-refractivity contribution is -0.147. The predicted octanol–water partition coefficient (Wildman–Crippen LogP) is 10.7. The SMILES string of the molecule is CCCCC/C=C\C/C=C\CC(O)/C=C\C=C\CCCC(=O)OC[C@H](COP(=O)(O)O)O/C=C/CCCCCCCCCCCCCC.